The summed E-state index contributed by atoms with van der Waals surface area (Å²) in [7, 11) is 3.27. The minimum Gasteiger partial charge on any atom is -0.468 e. The summed E-state index contributed by atoms with van der Waals surface area (Å²) in [5, 5.41) is 0. The normalized spacial score (nSPS) is 17.5. The van der Waals surface area contributed by atoms with Crippen LogP contribution in [0, 0.1) is 5.92 Å². The lowest BCUT2D eigenvalue weighted by Gasteiger charge is -2.19. The fourth-order valence-corrected chi connectivity index (χ4v) is 1.41. The quantitative estimate of drug-likeness (QED) is 0.464. The predicted octanol–water partition coefficient (Wildman–Crippen LogP) is -0.155. The third kappa shape index (κ3) is 5.44. The zero-order valence-electron chi connectivity index (χ0n) is 10.1. The molecule has 0 saturated heterocycles. The molecule has 0 aromatic carbocycles. The number of hydrogen-bond donors (Lipinski definition) is 1. The van der Waals surface area contributed by atoms with Gasteiger partial charge in [0.15, 0.2) is 0 Å². The molecule has 94 valence electrons. The summed E-state index contributed by atoms with van der Waals surface area (Å²) in [5.74, 6) is 0.424. The standard InChI is InChI=1S/C11H22N2O3/c1-13(7-10(12)11(14)15-2)5-6-16-8-9-3-4-9/h9-10H,3-8,12H2,1-2H3. The second-order valence-electron chi connectivity index (χ2n) is 4.41. The smallest absolute Gasteiger partial charge is 0.323 e. The van der Waals surface area contributed by atoms with Crippen molar-refractivity contribution in [1.82, 2.24) is 4.90 Å². The van der Waals surface area contributed by atoms with Crippen LogP contribution in [0.25, 0.3) is 0 Å². The molecular weight excluding hydrogens is 208 g/mol. The van der Waals surface area contributed by atoms with E-state index in [0.717, 1.165) is 19.1 Å². The van der Waals surface area contributed by atoms with Crippen LogP contribution in [0.1, 0.15) is 12.8 Å². The maximum Gasteiger partial charge on any atom is 0.323 e. The number of esters is 1. The summed E-state index contributed by atoms with van der Waals surface area (Å²) >= 11 is 0. The van der Waals surface area contributed by atoms with Crippen LogP contribution < -0.4 is 5.73 Å². The highest BCUT2D eigenvalue weighted by Gasteiger charge is 2.21. The number of ether oxygens (including phenoxy) is 2. The highest BCUT2D eigenvalue weighted by atomic mass is 16.5. The molecule has 0 radical (unpaired) electrons. The molecule has 0 bridgehead atoms. The van der Waals surface area contributed by atoms with Gasteiger partial charge in [0, 0.05) is 19.7 Å². The third-order valence-corrected chi connectivity index (χ3v) is 2.68. The van der Waals surface area contributed by atoms with E-state index >= 15 is 0 Å². The van der Waals surface area contributed by atoms with E-state index < -0.39 is 6.04 Å². The van der Waals surface area contributed by atoms with Crippen LogP contribution in [0.4, 0.5) is 0 Å². The molecule has 5 heteroatoms. The number of methoxy groups -OCH3 is 1. The van der Waals surface area contributed by atoms with Gasteiger partial charge in [-0.3, -0.25) is 4.79 Å². The van der Waals surface area contributed by atoms with Crippen LogP contribution in [0.5, 0.6) is 0 Å². The van der Waals surface area contributed by atoms with Gasteiger partial charge in [0.05, 0.1) is 13.7 Å². The van der Waals surface area contributed by atoms with Crippen molar-refractivity contribution in [3.63, 3.8) is 0 Å². The summed E-state index contributed by atoms with van der Waals surface area (Å²) in [6, 6.07) is -0.571. The Balaban J connectivity index is 1.99. The van der Waals surface area contributed by atoms with Gasteiger partial charge in [0.25, 0.3) is 0 Å². The minimum atomic E-state index is -0.571. The molecule has 5 nitrogen and oxygen atoms in total. The van der Waals surface area contributed by atoms with Crippen molar-refractivity contribution < 1.29 is 14.3 Å². The number of hydrogen-bond acceptors (Lipinski definition) is 5. The van der Waals surface area contributed by atoms with E-state index in [1.165, 1.54) is 20.0 Å². The Morgan fingerprint density at radius 1 is 1.56 bits per heavy atom. The average molecular weight is 230 g/mol. The lowest BCUT2D eigenvalue weighted by atomic mass is 10.3. The second-order valence-corrected chi connectivity index (χ2v) is 4.41. The van der Waals surface area contributed by atoms with Crippen molar-refractivity contribution in [3.8, 4) is 0 Å². The van der Waals surface area contributed by atoms with Gasteiger partial charge in [0.2, 0.25) is 0 Å². The van der Waals surface area contributed by atoms with E-state index in [1.807, 2.05) is 11.9 Å². The van der Waals surface area contributed by atoms with Gasteiger partial charge in [-0.05, 0) is 25.8 Å². The van der Waals surface area contributed by atoms with E-state index in [-0.39, 0.29) is 5.97 Å². The van der Waals surface area contributed by atoms with Crippen LogP contribution in [-0.2, 0) is 14.3 Å². The number of nitrogens with two attached hydrogens (primary N) is 1. The van der Waals surface area contributed by atoms with Gasteiger partial charge in [-0.2, -0.15) is 0 Å². The van der Waals surface area contributed by atoms with Crippen molar-refractivity contribution in [2.45, 2.75) is 18.9 Å². The first-order chi connectivity index (χ1) is 7.63. The zero-order valence-corrected chi connectivity index (χ0v) is 10.1. The molecule has 0 aromatic rings. The first-order valence-electron chi connectivity index (χ1n) is 5.73. The molecule has 0 heterocycles. The van der Waals surface area contributed by atoms with Gasteiger partial charge in [-0.15, -0.1) is 0 Å². The largest absolute Gasteiger partial charge is 0.468 e. The Morgan fingerprint density at radius 2 is 2.25 bits per heavy atom. The topological polar surface area (TPSA) is 64.8 Å². The van der Waals surface area contributed by atoms with Crippen LogP contribution in [0.3, 0.4) is 0 Å². The SMILES string of the molecule is COC(=O)C(N)CN(C)CCOCC1CC1. The lowest BCUT2D eigenvalue weighted by Crippen LogP contribution is -2.42. The van der Waals surface area contributed by atoms with Crippen LogP contribution in [0.15, 0.2) is 0 Å². The lowest BCUT2D eigenvalue weighted by molar-refractivity contribution is -0.142. The Hall–Kier alpha value is -0.650. The van der Waals surface area contributed by atoms with Gasteiger partial charge < -0.3 is 20.1 Å². The van der Waals surface area contributed by atoms with Crippen LogP contribution in [0.2, 0.25) is 0 Å². The maximum atomic E-state index is 11.1. The number of carbonyl (C=O) groups is 1. The summed E-state index contributed by atoms with van der Waals surface area (Å²) < 4.78 is 10.1. The summed E-state index contributed by atoms with van der Waals surface area (Å²) in [6.07, 6.45) is 2.62. The van der Waals surface area contributed by atoms with E-state index in [0.29, 0.717) is 13.2 Å². The molecule has 16 heavy (non-hydrogen) atoms. The molecule has 0 spiro atoms. The van der Waals surface area contributed by atoms with Crippen molar-refractivity contribution in [2.24, 2.45) is 11.7 Å². The highest BCUT2D eigenvalue weighted by molar-refractivity contribution is 5.75. The molecule has 1 unspecified atom stereocenters. The predicted molar refractivity (Wildman–Crippen MR) is 61.0 cm³/mol. The number of nitrogens with zero attached hydrogens (tertiary/aromatic N) is 1. The summed E-state index contributed by atoms with van der Waals surface area (Å²) in [4.78, 5) is 13.1. The molecule has 1 atom stereocenters. The Kier molecular flexibility index (Phi) is 5.73. The molecule has 1 aliphatic rings. The first-order valence-corrected chi connectivity index (χ1v) is 5.73. The van der Waals surface area contributed by atoms with Crippen LogP contribution >= 0.6 is 0 Å². The molecule has 1 fully saturated rings. The first kappa shape index (κ1) is 13.4. The molecular formula is C11H22N2O3. The van der Waals surface area contributed by atoms with Crippen molar-refractivity contribution in [3.05, 3.63) is 0 Å². The zero-order chi connectivity index (χ0) is 12.0. The Morgan fingerprint density at radius 3 is 2.81 bits per heavy atom. The minimum absolute atomic E-state index is 0.370. The van der Waals surface area contributed by atoms with E-state index in [2.05, 4.69) is 4.74 Å². The molecule has 0 aromatic heterocycles. The molecule has 2 N–H and O–H groups in total. The fraction of sp³-hybridized carbons (Fsp3) is 0.909. The summed E-state index contributed by atoms with van der Waals surface area (Å²) in [6.45, 7) is 2.86. The number of carbonyl (C=O) groups excluding carboxylic acids is 1. The van der Waals surface area contributed by atoms with Gasteiger partial charge in [-0.25, -0.2) is 0 Å². The second kappa shape index (κ2) is 6.83. The fourth-order valence-electron chi connectivity index (χ4n) is 1.41. The Labute approximate surface area is 96.9 Å². The van der Waals surface area contributed by atoms with Gasteiger partial charge in [-0.1, -0.05) is 0 Å². The van der Waals surface area contributed by atoms with E-state index in [9.17, 15) is 4.79 Å². The van der Waals surface area contributed by atoms with Crippen molar-refractivity contribution in [2.75, 3.05) is 40.5 Å². The van der Waals surface area contributed by atoms with Gasteiger partial charge in [0.1, 0.15) is 6.04 Å². The molecule has 1 aliphatic carbocycles. The average Bonchev–Trinajstić information content (AvgIpc) is 3.07. The third-order valence-electron chi connectivity index (χ3n) is 2.68. The molecule has 1 rings (SSSR count). The number of rotatable bonds is 8. The number of likely N-dealkylation sites (N-methyl/N-ethyl adjacent to an activating group) is 1. The van der Waals surface area contributed by atoms with E-state index in [1.54, 1.807) is 0 Å². The molecule has 1 saturated carbocycles. The maximum absolute atomic E-state index is 11.1. The van der Waals surface area contributed by atoms with Crippen LogP contribution in [-0.4, -0.2) is 57.4 Å². The summed E-state index contributed by atoms with van der Waals surface area (Å²) in [5.41, 5.74) is 5.63. The Bertz CT molecular complexity index is 219. The van der Waals surface area contributed by atoms with Gasteiger partial charge >= 0.3 is 5.97 Å². The highest BCUT2D eigenvalue weighted by Crippen LogP contribution is 2.28. The molecule has 0 aliphatic heterocycles. The van der Waals surface area contributed by atoms with Crippen molar-refractivity contribution in [1.29, 1.82) is 0 Å². The van der Waals surface area contributed by atoms with E-state index in [4.69, 9.17) is 10.5 Å². The van der Waals surface area contributed by atoms with Crippen molar-refractivity contribution >= 4 is 5.97 Å². The molecule has 0 amide bonds. The monoisotopic (exact) mass is 230 g/mol.